The molecule has 0 radical (unpaired) electrons. The van der Waals surface area contributed by atoms with Gasteiger partial charge in [-0.25, -0.2) is 0 Å². The standard InChI is InChI=1S/C10H21F3N2O/c1-15(7-3-4-10(11,12)13)8-5-14-6-9-16-2/h14H,3-9H2,1-2H3. The third-order valence-corrected chi connectivity index (χ3v) is 2.15. The number of methoxy groups -OCH3 is 1. The maximum absolute atomic E-state index is 11.9. The van der Waals surface area contributed by atoms with Gasteiger partial charge in [0.2, 0.25) is 0 Å². The van der Waals surface area contributed by atoms with Crippen molar-refractivity contribution in [3.63, 3.8) is 0 Å². The van der Waals surface area contributed by atoms with Gasteiger partial charge in [0.1, 0.15) is 0 Å². The molecule has 0 aliphatic rings. The second-order valence-electron chi connectivity index (χ2n) is 3.76. The third-order valence-electron chi connectivity index (χ3n) is 2.15. The molecule has 0 saturated carbocycles. The van der Waals surface area contributed by atoms with Crippen LogP contribution in [0.5, 0.6) is 0 Å². The van der Waals surface area contributed by atoms with Crippen LogP contribution in [0.2, 0.25) is 0 Å². The van der Waals surface area contributed by atoms with Crippen LogP contribution in [0.15, 0.2) is 0 Å². The van der Waals surface area contributed by atoms with E-state index < -0.39 is 12.6 Å². The predicted molar refractivity (Wildman–Crippen MR) is 57.5 cm³/mol. The lowest BCUT2D eigenvalue weighted by molar-refractivity contribution is -0.136. The molecular formula is C10H21F3N2O. The van der Waals surface area contributed by atoms with Crippen LogP contribution in [-0.2, 0) is 4.74 Å². The fraction of sp³-hybridized carbons (Fsp3) is 1.00. The van der Waals surface area contributed by atoms with Crippen LogP contribution in [0.3, 0.4) is 0 Å². The van der Waals surface area contributed by atoms with E-state index in [9.17, 15) is 13.2 Å². The van der Waals surface area contributed by atoms with E-state index in [1.807, 2.05) is 11.9 Å². The molecule has 0 aromatic rings. The van der Waals surface area contributed by atoms with Crippen molar-refractivity contribution in [2.24, 2.45) is 0 Å². The van der Waals surface area contributed by atoms with Crippen LogP contribution in [0.25, 0.3) is 0 Å². The average molecular weight is 242 g/mol. The lowest BCUT2D eigenvalue weighted by Gasteiger charge is -2.17. The summed E-state index contributed by atoms with van der Waals surface area (Å²) >= 11 is 0. The van der Waals surface area contributed by atoms with E-state index in [0.717, 1.165) is 19.6 Å². The van der Waals surface area contributed by atoms with E-state index in [-0.39, 0.29) is 6.42 Å². The minimum absolute atomic E-state index is 0.165. The first-order valence-corrected chi connectivity index (χ1v) is 5.40. The quantitative estimate of drug-likeness (QED) is 0.620. The van der Waals surface area contributed by atoms with E-state index in [0.29, 0.717) is 13.2 Å². The number of halogens is 3. The van der Waals surface area contributed by atoms with Gasteiger partial charge in [0.05, 0.1) is 6.61 Å². The minimum atomic E-state index is -4.03. The van der Waals surface area contributed by atoms with Crippen LogP contribution in [-0.4, -0.2) is 58.0 Å². The van der Waals surface area contributed by atoms with Gasteiger partial charge in [-0.05, 0) is 20.0 Å². The van der Waals surface area contributed by atoms with E-state index in [1.54, 1.807) is 7.11 Å². The molecular weight excluding hydrogens is 221 g/mol. The second kappa shape index (κ2) is 8.78. The van der Waals surface area contributed by atoms with Gasteiger partial charge in [-0.2, -0.15) is 13.2 Å². The Kier molecular flexibility index (Phi) is 8.60. The highest BCUT2D eigenvalue weighted by Gasteiger charge is 2.26. The number of alkyl halides is 3. The summed E-state index contributed by atoms with van der Waals surface area (Å²) in [6, 6.07) is 0. The van der Waals surface area contributed by atoms with Gasteiger partial charge >= 0.3 is 6.18 Å². The Morgan fingerprint density at radius 3 is 2.44 bits per heavy atom. The molecule has 0 amide bonds. The second-order valence-corrected chi connectivity index (χ2v) is 3.76. The monoisotopic (exact) mass is 242 g/mol. The number of nitrogens with one attached hydrogen (secondary N) is 1. The molecule has 0 aromatic heterocycles. The van der Waals surface area contributed by atoms with Gasteiger partial charge in [0.15, 0.2) is 0 Å². The molecule has 0 bridgehead atoms. The molecule has 0 fully saturated rings. The van der Waals surface area contributed by atoms with Gasteiger partial charge in [-0.3, -0.25) is 0 Å². The molecule has 0 aliphatic heterocycles. The van der Waals surface area contributed by atoms with Crippen molar-refractivity contribution < 1.29 is 17.9 Å². The summed E-state index contributed by atoms with van der Waals surface area (Å²) in [5.41, 5.74) is 0. The van der Waals surface area contributed by atoms with Crippen molar-refractivity contribution in [2.75, 3.05) is 46.9 Å². The summed E-state index contributed by atoms with van der Waals surface area (Å²) in [6.45, 7) is 3.42. The maximum Gasteiger partial charge on any atom is 0.389 e. The van der Waals surface area contributed by atoms with Gasteiger partial charge in [0, 0.05) is 33.2 Å². The van der Waals surface area contributed by atoms with Crippen molar-refractivity contribution >= 4 is 0 Å². The molecule has 0 aromatic carbocycles. The lowest BCUT2D eigenvalue weighted by atomic mass is 10.3. The predicted octanol–water partition coefficient (Wildman–Crippen LogP) is 1.50. The molecule has 0 rings (SSSR count). The Labute approximate surface area is 94.9 Å². The van der Waals surface area contributed by atoms with Crippen molar-refractivity contribution in [1.82, 2.24) is 10.2 Å². The fourth-order valence-corrected chi connectivity index (χ4v) is 1.23. The van der Waals surface area contributed by atoms with E-state index in [1.165, 1.54) is 0 Å². The summed E-state index contributed by atoms with van der Waals surface area (Å²) in [4.78, 5) is 1.89. The minimum Gasteiger partial charge on any atom is -0.383 e. The first-order valence-electron chi connectivity index (χ1n) is 5.40. The summed E-state index contributed by atoms with van der Waals surface area (Å²) in [6.07, 6.45) is -4.57. The molecule has 98 valence electrons. The largest absolute Gasteiger partial charge is 0.389 e. The highest BCUT2D eigenvalue weighted by atomic mass is 19.4. The van der Waals surface area contributed by atoms with Crippen molar-refractivity contribution in [3.8, 4) is 0 Å². The van der Waals surface area contributed by atoms with Gasteiger partial charge < -0.3 is 15.0 Å². The molecule has 6 heteroatoms. The molecule has 16 heavy (non-hydrogen) atoms. The Hall–Kier alpha value is -0.330. The number of nitrogens with zero attached hydrogens (tertiary/aromatic N) is 1. The summed E-state index contributed by atoms with van der Waals surface area (Å²) in [5, 5.41) is 3.13. The molecule has 1 N–H and O–H groups in total. The number of hydrogen-bond acceptors (Lipinski definition) is 3. The van der Waals surface area contributed by atoms with Gasteiger partial charge in [0.25, 0.3) is 0 Å². The fourth-order valence-electron chi connectivity index (χ4n) is 1.23. The molecule has 0 aliphatic carbocycles. The molecule has 0 atom stereocenters. The number of likely N-dealkylation sites (N-methyl/N-ethyl adjacent to an activating group) is 1. The first kappa shape index (κ1) is 15.7. The molecule has 0 heterocycles. The molecule has 3 nitrogen and oxygen atoms in total. The van der Waals surface area contributed by atoms with E-state index >= 15 is 0 Å². The Morgan fingerprint density at radius 1 is 1.19 bits per heavy atom. The number of ether oxygens (including phenoxy) is 1. The van der Waals surface area contributed by atoms with E-state index in [4.69, 9.17) is 4.74 Å². The summed E-state index contributed by atoms with van der Waals surface area (Å²) in [7, 11) is 3.46. The van der Waals surface area contributed by atoms with Crippen LogP contribution < -0.4 is 5.32 Å². The SMILES string of the molecule is COCCNCCN(C)CCCC(F)(F)F. The van der Waals surface area contributed by atoms with Gasteiger partial charge in [-0.1, -0.05) is 0 Å². The third kappa shape index (κ3) is 11.7. The van der Waals surface area contributed by atoms with Gasteiger partial charge in [-0.15, -0.1) is 0 Å². The highest BCUT2D eigenvalue weighted by Crippen LogP contribution is 2.21. The van der Waals surface area contributed by atoms with Crippen molar-refractivity contribution in [3.05, 3.63) is 0 Å². The van der Waals surface area contributed by atoms with Crippen LogP contribution in [0.4, 0.5) is 13.2 Å². The van der Waals surface area contributed by atoms with Crippen LogP contribution >= 0.6 is 0 Å². The zero-order valence-corrected chi connectivity index (χ0v) is 9.94. The van der Waals surface area contributed by atoms with Crippen LogP contribution in [0, 0.1) is 0 Å². The Balaban J connectivity index is 3.28. The van der Waals surface area contributed by atoms with E-state index in [2.05, 4.69) is 5.32 Å². The smallest absolute Gasteiger partial charge is 0.383 e. The maximum atomic E-state index is 11.9. The zero-order valence-electron chi connectivity index (χ0n) is 9.94. The Morgan fingerprint density at radius 2 is 1.88 bits per heavy atom. The molecule has 0 spiro atoms. The van der Waals surface area contributed by atoms with Crippen LogP contribution in [0.1, 0.15) is 12.8 Å². The summed E-state index contributed by atoms with van der Waals surface area (Å²) < 4.78 is 40.4. The highest BCUT2D eigenvalue weighted by molar-refractivity contribution is 4.58. The average Bonchev–Trinajstić information content (AvgIpc) is 2.15. The lowest BCUT2D eigenvalue weighted by Crippen LogP contribution is -2.31. The number of rotatable bonds is 9. The summed E-state index contributed by atoms with van der Waals surface area (Å²) in [5.74, 6) is 0. The first-order chi connectivity index (χ1) is 7.45. The van der Waals surface area contributed by atoms with Crippen molar-refractivity contribution in [1.29, 1.82) is 0 Å². The number of hydrogen-bond donors (Lipinski definition) is 1. The molecule has 0 unspecified atom stereocenters. The molecule has 0 saturated heterocycles. The van der Waals surface area contributed by atoms with Crippen molar-refractivity contribution in [2.45, 2.75) is 19.0 Å². The normalized spacial score (nSPS) is 12.4. The topological polar surface area (TPSA) is 24.5 Å². The Bertz CT molecular complexity index is 165. The zero-order chi connectivity index (χ0) is 12.4.